The van der Waals surface area contributed by atoms with Crippen LogP contribution in [0.3, 0.4) is 0 Å². The van der Waals surface area contributed by atoms with Crippen molar-refractivity contribution in [2.24, 2.45) is 0 Å². The van der Waals surface area contributed by atoms with Crippen LogP contribution < -0.4 is 5.48 Å². The lowest BCUT2D eigenvalue weighted by Crippen LogP contribution is -2.26. The van der Waals surface area contributed by atoms with Crippen LogP contribution in [0.15, 0.2) is 24.4 Å². The number of rotatable bonds is 3. The summed E-state index contributed by atoms with van der Waals surface area (Å²) in [4.78, 5) is 9.41. The Balaban J connectivity index is 2.28. The molecule has 0 amide bonds. The molecule has 0 aliphatic carbocycles. The highest BCUT2D eigenvalue weighted by atomic mass is 35.5. The molecule has 16 heavy (non-hydrogen) atoms. The normalized spacial score (nSPS) is 24.1. The van der Waals surface area contributed by atoms with Crippen molar-refractivity contribution < 1.29 is 9.94 Å². The molecule has 4 nitrogen and oxygen atoms in total. The van der Waals surface area contributed by atoms with Gasteiger partial charge in [-0.25, -0.2) is 4.98 Å². The van der Waals surface area contributed by atoms with Gasteiger partial charge in [-0.05, 0) is 25.1 Å². The minimum absolute atomic E-state index is 0.0722. The first-order valence-electron chi connectivity index (χ1n) is 5.03. The van der Waals surface area contributed by atoms with Gasteiger partial charge in [0.25, 0.3) is 0 Å². The molecular formula is C11H13ClN2O2. The summed E-state index contributed by atoms with van der Waals surface area (Å²) in [7, 11) is 0. The number of hydroxylamine groups is 1. The molecule has 0 spiro atoms. The van der Waals surface area contributed by atoms with Crippen LogP contribution in [-0.4, -0.2) is 22.3 Å². The van der Waals surface area contributed by atoms with Crippen molar-refractivity contribution in [1.29, 1.82) is 0 Å². The maximum absolute atomic E-state index is 8.93. The third kappa shape index (κ3) is 2.19. The van der Waals surface area contributed by atoms with Gasteiger partial charge in [-0.15, -0.1) is 0 Å². The Hall–Kier alpha value is -1.10. The zero-order valence-electron chi connectivity index (χ0n) is 8.90. The molecule has 1 aromatic rings. The van der Waals surface area contributed by atoms with E-state index in [1.807, 2.05) is 25.1 Å². The number of nitrogens with zero attached hydrogens (tertiary/aromatic N) is 1. The quantitative estimate of drug-likeness (QED) is 0.791. The van der Waals surface area contributed by atoms with Crippen LogP contribution in [0.5, 0.6) is 0 Å². The summed E-state index contributed by atoms with van der Waals surface area (Å²) in [6.45, 7) is 1.97. The largest absolute Gasteiger partial charge is 0.396 e. The smallest absolute Gasteiger partial charge is 0.138 e. The summed E-state index contributed by atoms with van der Waals surface area (Å²) < 4.78 is 0. The molecule has 86 valence electrons. The minimum atomic E-state index is -0.497. The molecule has 2 N–H and O–H groups in total. The molecule has 0 bridgehead atoms. The lowest BCUT2D eigenvalue weighted by atomic mass is 10.0. The van der Waals surface area contributed by atoms with E-state index in [9.17, 15) is 0 Å². The summed E-state index contributed by atoms with van der Waals surface area (Å²) in [5.74, 6) is 0. The molecule has 1 unspecified atom stereocenters. The fourth-order valence-electron chi connectivity index (χ4n) is 1.60. The fraction of sp³-hybridized carbons (Fsp3) is 0.364. The average molecular weight is 241 g/mol. The van der Waals surface area contributed by atoms with Crippen molar-refractivity contribution in [2.45, 2.75) is 18.9 Å². The van der Waals surface area contributed by atoms with Crippen molar-refractivity contribution >= 4 is 17.3 Å². The number of aliphatic hydroxyl groups is 1. The van der Waals surface area contributed by atoms with E-state index in [2.05, 4.69) is 10.5 Å². The summed E-state index contributed by atoms with van der Waals surface area (Å²) >= 11 is 5.98. The van der Waals surface area contributed by atoms with Crippen LogP contribution in [0.1, 0.15) is 18.9 Å². The second-order valence-electron chi connectivity index (χ2n) is 3.89. The third-order valence-electron chi connectivity index (χ3n) is 2.50. The first-order chi connectivity index (χ1) is 7.64. The predicted octanol–water partition coefficient (Wildman–Crippen LogP) is 1.75. The van der Waals surface area contributed by atoms with Gasteiger partial charge >= 0.3 is 0 Å². The van der Waals surface area contributed by atoms with E-state index < -0.39 is 5.60 Å². The number of pyridine rings is 1. The molecule has 1 aliphatic heterocycles. The number of nitrogens with one attached hydrogen (secondary N) is 1. The van der Waals surface area contributed by atoms with Crippen LogP contribution in [0.2, 0.25) is 5.15 Å². The Morgan fingerprint density at radius 2 is 2.44 bits per heavy atom. The summed E-state index contributed by atoms with van der Waals surface area (Å²) in [5, 5.41) is 9.36. The van der Waals surface area contributed by atoms with Gasteiger partial charge < -0.3 is 5.11 Å². The molecule has 0 saturated carbocycles. The van der Waals surface area contributed by atoms with Crippen molar-refractivity contribution in [1.82, 2.24) is 10.5 Å². The molecule has 1 aromatic heterocycles. The van der Waals surface area contributed by atoms with Crippen LogP contribution >= 0.6 is 11.6 Å². The van der Waals surface area contributed by atoms with E-state index in [0.717, 1.165) is 11.3 Å². The molecule has 2 heterocycles. The number of aliphatic hydroxyl groups excluding tert-OH is 1. The second-order valence-corrected chi connectivity index (χ2v) is 4.25. The third-order valence-corrected chi connectivity index (χ3v) is 2.80. The number of halogens is 1. The molecule has 0 saturated heterocycles. The highest BCUT2D eigenvalue weighted by Gasteiger charge is 2.30. The van der Waals surface area contributed by atoms with Gasteiger partial charge in [0, 0.05) is 24.8 Å². The van der Waals surface area contributed by atoms with Gasteiger partial charge in [0.2, 0.25) is 0 Å². The fourth-order valence-corrected chi connectivity index (χ4v) is 1.82. The van der Waals surface area contributed by atoms with Gasteiger partial charge in [-0.2, -0.15) is 0 Å². The molecule has 5 heteroatoms. The zero-order valence-corrected chi connectivity index (χ0v) is 9.66. The van der Waals surface area contributed by atoms with E-state index in [1.54, 1.807) is 6.20 Å². The molecule has 0 fully saturated rings. The van der Waals surface area contributed by atoms with Crippen LogP contribution in [0.4, 0.5) is 0 Å². The second kappa shape index (κ2) is 4.41. The first kappa shape index (κ1) is 11.4. The van der Waals surface area contributed by atoms with E-state index in [-0.39, 0.29) is 6.61 Å². The van der Waals surface area contributed by atoms with E-state index >= 15 is 0 Å². The van der Waals surface area contributed by atoms with Crippen molar-refractivity contribution in [3.8, 4) is 0 Å². The molecule has 1 atom stereocenters. The van der Waals surface area contributed by atoms with Gasteiger partial charge in [0.15, 0.2) is 0 Å². The lowest BCUT2D eigenvalue weighted by Gasteiger charge is -2.17. The standard InChI is InChI=1S/C11H13ClN2O2/c1-11(4-6-15)7-9(14-16-11)8-3-2-5-13-10(8)12/h2-3,5,7,14-15H,4,6H2,1H3. The zero-order chi connectivity index (χ0) is 11.6. The van der Waals surface area contributed by atoms with Gasteiger partial charge in [-0.1, -0.05) is 11.6 Å². The number of aromatic nitrogens is 1. The molecule has 1 aliphatic rings. The Morgan fingerprint density at radius 3 is 3.12 bits per heavy atom. The number of hydrogen-bond donors (Lipinski definition) is 2. The van der Waals surface area contributed by atoms with E-state index in [4.69, 9.17) is 21.5 Å². The molecular weight excluding hydrogens is 228 g/mol. The van der Waals surface area contributed by atoms with Gasteiger partial charge in [0.05, 0.1) is 5.70 Å². The van der Waals surface area contributed by atoms with Gasteiger partial charge in [0.1, 0.15) is 10.8 Å². The van der Waals surface area contributed by atoms with Crippen molar-refractivity contribution in [3.05, 3.63) is 35.1 Å². The van der Waals surface area contributed by atoms with Gasteiger partial charge in [-0.3, -0.25) is 10.3 Å². The summed E-state index contributed by atoms with van der Waals surface area (Å²) in [5.41, 5.74) is 3.90. The summed E-state index contributed by atoms with van der Waals surface area (Å²) in [6.07, 6.45) is 4.07. The highest BCUT2D eigenvalue weighted by Crippen LogP contribution is 2.30. The number of hydrogen-bond acceptors (Lipinski definition) is 4. The molecule has 0 aromatic carbocycles. The predicted molar refractivity (Wildman–Crippen MR) is 61.6 cm³/mol. The van der Waals surface area contributed by atoms with E-state index in [0.29, 0.717) is 11.6 Å². The SMILES string of the molecule is CC1(CCO)C=C(c2cccnc2Cl)NO1. The maximum Gasteiger partial charge on any atom is 0.138 e. The summed E-state index contributed by atoms with van der Waals surface area (Å²) in [6, 6.07) is 3.67. The molecule has 0 radical (unpaired) electrons. The molecule has 2 rings (SSSR count). The minimum Gasteiger partial charge on any atom is -0.396 e. The Kier molecular flexibility index (Phi) is 3.14. The van der Waals surface area contributed by atoms with Crippen molar-refractivity contribution in [3.63, 3.8) is 0 Å². The van der Waals surface area contributed by atoms with Crippen LogP contribution in [-0.2, 0) is 4.84 Å². The lowest BCUT2D eigenvalue weighted by molar-refractivity contribution is -0.0345. The average Bonchev–Trinajstić information content (AvgIpc) is 2.62. The Morgan fingerprint density at radius 1 is 1.62 bits per heavy atom. The maximum atomic E-state index is 8.93. The highest BCUT2D eigenvalue weighted by molar-refractivity contribution is 6.31. The van der Waals surface area contributed by atoms with Crippen molar-refractivity contribution in [2.75, 3.05) is 6.61 Å². The van der Waals surface area contributed by atoms with E-state index in [1.165, 1.54) is 0 Å². The Bertz CT molecular complexity index is 422. The topological polar surface area (TPSA) is 54.4 Å². The first-order valence-corrected chi connectivity index (χ1v) is 5.41. The van der Waals surface area contributed by atoms with Crippen LogP contribution in [0.25, 0.3) is 5.70 Å². The Labute approximate surface area is 98.9 Å². The monoisotopic (exact) mass is 240 g/mol. The van der Waals surface area contributed by atoms with Crippen LogP contribution in [0, 0.1) is 0 Å².